The number of nitrogens with one attached hydrogen (secondary N) is 1. The van der Waals surface area contributed by atoms with Crippen LogP contribution in [0.15, 0.2) is 0 Å². The fourth-order valence-electron chi connectivity index (χ4n) is 1.35. The largest absolute Gasteiger partial charge is 0.467 e. The number of rotatable bonds is 2. The van der Waals surface area contributed by atoms with Crippen LogP contribution >= 0.6 is 0 Å². The Bertz CT molecular complexity index is 351. The normalized spacial score (nSPS) is 26.0. The zero-order valence-corrected chi connectivity index (χ0v) is 10.1. The van der Waals surface area contributed by atoms with E-state index >= 15 is 0 Å². The summed E-state index contributed by atoms with van der Waals surface area (Å²) < 4.78 is 35.3. The molecule has 0 bridgehead atoms. The molecule has 1 fully saturated rings. The predicted octanol–water partition coefficient (Wildman–Crippen LogP) is 1.46. The lowest BCUT2D eigenvalue weighted by Crippen LogP contribution is -2.49. The molecule has 0 radical (unpaired) electrons. The monoisotopic (exact) mass is 251 g/mol. The minimum atomic E-state index is -3.29. The van der Waals surface area contributed by atoms with Gasteiger partial charge in [-0.25, -0.2) is 18.4 Å². The molecule has 1 amide bonds. The quantitative estimate of drug-likeness (QED) is 0.755. The van der Waals surface area contributed by atoms with Gasteiger partial charge in [0.05, 0.1) is 13.5 Å². The van der Waals surface area contributed by atoms with Gasteiger partial charge in [-0.2, -0.15) is 0 Å². The number of methoxy groups -OCH3 is 1. The Morgan fingerprint density at radius 2 is 1.76 bits per heavy atom. The van der Waals surface area contributed by atoms with Gasteiger partial charge in [0.2, 0.25) is 5.54 Å². The van der Waals surface area contributed by atoms with Crippen molar-refractivity contribution in [3.63, 3.8) is 0 Å². The van der Waals surface area contributed by atoms with Gasteiger partial charge in [0, 0.05) is 0 Å². The van der Waals surface area contributed by atoms with Crippen LogP contribution in [0, 0.1) is 0 Å². The summed E-state index contributed by atoms with van der Waals surface area (Å²) in [6, 6.07) is 0. The third-order valence-electron chi connectivity index (χ3n) is 2.23. The molecule has 0 heterocycles. The Kier molecular flexibility index (Phi) is 3.07. The second kappa shape index (κ2) is 3.82. The number of ether oxygens (including phenoxy) is 2. The summed E-state index contributed by atoms with van der Waals surface area (Å²) in [4.78, 5) is 22.6. The number of hydrogen-bond donors (Lipinski definition) is 1. The lowest BCUT2D eigenvalue weighted by Gasteiger charge is -2.22. The second-order valence-corrected chi connectivity index (χ2v) is 4.91. The first-order chi connectivity index (χ1) is 7.54. The predicted molar refractivity (Wildman–Crippen MR) is 53.7 cm³/mol. The van der Waals surface area contributed by atoms with Gasteiger partial charge in [-0.15, -0.1) is 0 Å². The Hall–Kier alpha value is -1.40. The molecule has 0 aromatic heterocycles. The number of hydrogen-bond acceptors (Lipinski definition) is 4. The van der Waals surface area contributed by atoms with Gasteiger partial charge < -0.3 is 9.47 Å². The SMILES string of the molecule is COC(=O)C1(NC(=O)OC(C)(C)C)CC1(F)F. The van der Waals surface area contributed by atoms with Crippen LogP contribution in [-0.2, 0) is 14.3 Å². The molecular weight excluding hydrogens is 236 g/mol. The van der Waals surface area contributed by atoms with E-state index in [0.717, 1.165) is 7.11 Å². The average Bonchev–Trinajstić information content (AvgIpc) is 2.64. The van der Waals surface area contributed by atoms with Gasteiger partial charge in [0.15, 0.2) is 0 Å². The van der Waals surface area contributed by atoms with Crippen LogP contribution in [0.1, 0.15) is 27.2 Å². The number of halogens is 2. The molecule has 1 N–H and O–H groups in total. The van der Waals surface area contributed by atoms with E-state index in [1.807, 2.05) is 5.32 Å². The van der Waals surface area contributed by atoms with Crippen molar-refractivity contribution in [2.24, 2.45) is 0 Å². The minimum Gasteiger partial charge on any atom is -0.467 e. The molecule has 98 valence electrons. The van der Waals surface area contributed by atoms with E-state index in [1.54, 1.807) is 20.8 Å². The Balaban J connectivity index is 2.72. The van der Waals surface area contributed by atoms with Gasteiger partial charge in [-0.3, -0.25) is 5.32 Å². The summed E-state index contributed by atoms with van der Waals surface area (Å²) in [6.07, 6.45) is -1.84. The van der Waals surface area contributed by atoms with Crippen LogP contribution in [0.3, 0.4) is 0 Å². The maximum atomic E-state index is 13.1. The van der Waals surface area contributed by atoms with Crippen molar-refractivity contribution in [1.29, 1.82) is 0 Å². The summed E-state index contributed by atoms with van der Waals surface area (Å²) in [7, 11) is 0.981. The zero-order valence-electron chi connectivity index (χ0n) is 10.1. The van der Waals surface area contributed by atoms with Gasteiger partial charge in [-0.1, -0.05) is 0 Å². The summed E-state index contributed by atoms with van der Waals surface area (Å²) in [5, 5.41) is 1.88. The molecule has 1 aliphatic carbocycles. The van der Waals surface area contributed by atoms with Gasteiger partial charge >= 0.3 is 12.1 Å². The maximum Gasteiger partial charge on any atom is 0.408 e. The average molecular weight is 251 g/mol. The lowest BCUT2D eigenvalue weighted by molar-refractivity contribution is -0.147. The van der Waals surface area contributed by atoms with Crippen molar-refractivity contribution < 1.29 is 27.8 Å². The van der Waals surface area contributed by atoms with Gasteiger partial charge in [0.25, 0.3) is 5.92 Å². The molecule has 1 atom stereocenters. The first-order valence-electron chi connectivity index (χ1n) is 5.01. The van der Waals surface area contributed by atoms with E-state index in [0.29, 0.717) is 0 Å². The van der Waals surface area contributed by atoms with Crippen LogP contribution in [0.25, 0.3) is 0 Å². The molecule has 0 aliphatic heterocycles. The first kappa shape index (κ1) is 13.7. The van der Waals surface area contributed by atoms with E-state index in [9.17, 15) is 18.4 Å². The molecule has 0 aromatic carbocycles. The number of carbonyl (C=O) groups is 2. The van der Waals surface area contributed by atoms with E-state index in [2.05, 4.69) is 4.74 Å². The number of esters is 1. The van der Waals surface area contributed by atoms with Crippen molar-refractivity contribution in [3.05, 3.63) is 0 Å². The molecule has 0 aromatic rings. The second-order valence-electron chi connectivity index (χ2n) is 4.91. The van der Waals surface area contributed by atoms with E-state index in [1.165, 1.54) is 0 Å². The van der Waals surface area contributed by atoms with Crippen LogP contribution in [0.4, 0.5) is 13.6 Å². The van der Waals surface area contributed by atoms with Crippen molar-refractivity contribution in [3.8, 4) is 0 Å². The lowest BCUT2D eigenvalue weighted by atomic mass is 10.2. The Morgan fingerprint density at radius 1 is 1.29 bits per heavy atom. The van der Waals surface area contributed by atoms with Crippen molar-refractivity contribution in [1.82, 2.24) is 5.32 Å². The smallest absolute Gasteiger partial charge is 0.408 e. The summed E-state index contributed by atoms with van der Waals surface area (Å²) >= 11 is 0. The molecule has 1 saturated carbocycles. The fraction of sp³-hybridized carbons (Fsp3) is 0.800. The van der Waals surface area contributed by atoms with Crippen molar-refractivity contribution in [2.75, 3.05) is 7.11 Å². The number of amides is 1. The van der Waals surface area contributed by atoms with E-state index in [4.69, 9.17) is 4.74 Å². The number of carbonyl (C=O) groups excluding carboxylic acids is 2. The van der Waals surface area contributed by atoms with Gasteiger partial charge in [0.1, 0.15) is 5.60 Å². The summed E-state index contributed by atoms with van der Waals surface area (Å²) in [5.41, 5.74) is -3.10. The first-order valence-corrected chi connectivity index (χ1v) is 5.01. The standard InChI is InChI=1S/C10H15F2NO4/c1-8(2,3)17-7(15)13-9(6(14)16-4)5-10(9,11)12/h5H2,1-4H3,(H,13,15). The topological polar surface area (TPSA) is 64.6 Å². The number of alkyl halides is 2. The molecule has 0 saturated heterocycles. The van der Waals surface area contributed by atoms with Gasteiger partial charge in [-0.05, 0) is 20.8 Å². The highest BCUT2D eigenvalue weighted by molar-refractivity contribution is 5.91. The molecule has 7 heteroatoms. The van der Waals surface area contributed by atoms with Crippen LogP contribution < -0.4 is 5.32 Å². The highest BCUT2D eigenvalue weighted by Crippen LogP contribution is 2.53. The maximum absolute atomic E-state index is 13.1. The summed E-state index contributed by atoms with van der Waals surface area (Å²) in [5.74, 6) is -4.47. The minimum absolute atomic E-state index is 0.772. The molecule has 1 rings (SSSR count). The molecule has 17 heavy (non-hydrogen) atoms. The summed E-state index contributed by atoms with van der Waals surface area (Å²) in [6.45, 7) is 4.76. The van der Waals surface area contributed by atoms with E-state index < -0.39 is 35.5 Å². The van der Waals surface area contributed by atoms with E-state index in [-0.39, 0.29) is 0 Å². The fourth-order valence-corrected chi connectivity index (χ4v) is 1.35. The van der Waals surface area contributed by atoms with Crippen molar-refractivity contribution in [2.45, 2.75) is 44.3 Å². The number of alkyl carbamates (subject to hydrolysis) is 1. The van der Waals surface area contributed by atoms with Crippen LogP contribution in [-0.4, -0.2) is 36.2 Å². The zero-order chi connectivity index (χ0) is 13.5. The van der Waals surface area contributed by atoms with Crippen LogP contribution in [0.5, 0.6) is 0 Å². The molecule has 0 spiro atoms. The van der Waals surface area contributed by atoms with Crippen molar-refractivity contribution >= 4 is 12.1 Å². The third kappa shape index (κ3) is 2.65. The highest BCUT2D eigenvalue weighted by atomic mass is 19.3. The molecule has 1 aliphatic rings. The highest BCUT2D eigenvalue weighted by Gasteiger charge is 2.78. The Labute approximate surface area is 97.4 Å². The third-order valence-corrected chi connectivity index (χ3v) is 2.23. The van der Waals surface area contributed by atoms with Crippen LogP contribution in [0.2, 0.25) is 0 Å². The molecule has 1 unspecified atom stereocenters. The molecular formula is C10H15F2NO4. The molecule has 5 nitrogen and oxygen atoms in total. The Morgan fingerprint density at radius 3 is 2.06 bits per heavy atom.